The normalized spacial score (nSPS) is 10.7. The van der Waals surface area contributed by atoms with Crippen LogP contribution in [0.15, 0.2) is 10.6 Å². The molecular weight excluding hydrogens is 128 g/mol. The summed E-state index contributed by atoms with van der Waals surface area (Å²) in [4.78, 5) is 3.30. The fraction of sp³-hybridized carbons (Fsp3) is 0.400. The fourth-order valence-corrected chi connectivity index (χ4v) is 0.473. The maximum atomic E-state index is 11.6. The first-order chi connectivity index (χ1) is 4.20. The molecule has 9 heavy (non-hydrogen) atoms. The van der Waals surface area contributed by atoms with Crippen LogP contribution in [0.1, 0.15) is 18.1 Å². The topological polar surface area (TPSA) is 26.0 Å². The Hall–Kier alpha value is -0.930. The van der Waals surface area contributed by atoms with Gasteiger partial charge < -0.3 is 4.42 Å². The molecule has 0 bridgehead atoms. The van der Waals surface area contributed by atoms with Gasteiger partial charge in [0.1, 0.15) is 5.76 Å². The van der Waals surface area contributed by atoms with E-state index < -0.39 is 12.3 Å². The van der Waals surface area contributed by atoms with Crippen LogP contribution >= 0.6 is 0 Å². The highest BCUT2D eigenvalue weighted by atomic mass is 19.3. The van der Waals surface area contributed by atoms with Crippen LogP contribution in [0.4, 0.5) is 8.78 Å². The highest BCUT2D eigenvalue weighted by Gasteiger charge is 2.11. The lowest BCUT2D eigenvalue weighted by Crippen LogP contribution is -1.80. The summed E-state index contributed by atoms with van der Waals surface area (Å²) in [6, 6.07) is 0. The van der Waals surface area contributed by atoms with Gasteiger partial charge in [0, 0.05) is 0 Å². The van der Waals surface area contributed by atoms with E-state index in [-0.39, 0.29) is 0 Å². The molecule has 0 aliphatic heterocycles. The Morgan fingerprint density at radius 2 is 2.33 bits per heavy atom. The first-order valence-electron chi connectivity index (χ1n) is 2.40. The van der Waals surface area contributed by atoms with Gasteiger partial charge >= 0.3 is 6.43 Å². The standard InChI is InChI=1S/C5H5F2NO/c1-3-2-8-5(9-3)4(6)7/h2,4H,1H3. The summed E-state index contributed by atoms with van der Waals surface area (Å²) in [7, 11) is 0. The third-order valence-corrected chi connectivity index (χ3v) is 0.826. The first kappa shape index (κ1) is 6.19. The maximum Gasteiger partial charge on any atom is 0.313 e. The van der Waals surface area contributed by atoms with Crippen molar-refractivity contribution in [2.75, 3.05) is 0 Å². The van der Waals surface area contributed by atoms with E-state index >= 15 is 0 Å². The third-order valence-electron chi connectivity index (χ3n) is 0.826. The second kappa shape index (κ2) is 2.13. The second-order valence-corrected chi connectivity index (χ2v) is 1.61. The predicted molar refractivity (Wildman–Crippen MR) is 26.2 cm³/mol. The van der Waals surface area contributed by atoms with Crippen molar-refractivity contribution < 1.29 is 13.2 Å². The van der Waals surface area contributed by atoms with Gasteiger partial charge in [-0.05, 0) is 6.92 Å². The van der Waals surface area contributed by atoms with Crippen LogP contribution in [0.5, 0.6) is 0 Å². The Bertz CT molecular complexity index is 197. The molecule has 0 unspecified atom stereocenters. The number of aryl methyl sites for hydroxylation is 1. The number of oxazole rings is 1. The van der Waals surface area contributed by atoms with Crippen LogP contribution in [-0.4, -0.2) is 4.98 Å². The Labute approximate surface area is 50.5 Å². The van der Waals surface area contributed by atoms with Gasteiger partial charge in [-0.1, -0.05) is 0 Å². The van der Waals surface area contributed by atoms with Gasteiger partial charge in [-0.25, -0.2) is 4.98 Å². The van der Waals surface area contributed by atoms with Crippen molar-refractivity contribution in [3.8, 4) is 0 Å². The summed E-state index contributed by atoms with van der Waals surface area (Å²) in [5.41, 5.74) is 0. The van der Waals surface area contributed by atoms with E-state index in [0.717, 1.165) is 0 Å². The molecule has 1 rings (SSSR count). The lowest BCUT2D eigenvalue weighted by atomic mass is 10.6. The Morgan fingerprint density at radius 3 is 2.56 bits per heavy atom. The minimum Gasteiger partial charge on any atom is -0.441 e. The van der Waals surface area contributed by atoms with Gasteiger partial charge in [-0.15, -0.1) is 0 Å². The van der Waals surface area contributed by atoms with Crippen LogP contribution in [0.2, 0.25) is 0 Å². The van der Waals surface area contributed by atoms with Crippen LogP contribution in [0.25, 0.3) is 0 Å². The molecule has 1 aromatic rings. The molecular formula is C5H5F2NO. The van der Waals surface area contributed by atoms with Gasteiger partial charge in [0.05, 0.1) is 6.20 Å². The quantitative estimate of drug-likeness (QED) is 0.584. The minimum absolute atomic E-state index is 0.408. The Balaban J connectivity index is 2.85. The molecule has 0 aliphatic rings. The molecule has 0 saturated heterocycles. The summed E-state index contributed by atoms with van der Waals surface area (Å²) in [5, 5.41) is 0. The van der Waals surface area contributed by atoms with E-state index in [1.807, 2.05) is 0 Å². The molecule has 0 saturated carbocycles. The monoisotopic (exact) mass is 133 g/mol. The number of halogens is 2. The molecule has 50 valence electrons. The summed E-state index contributed by atoms with van der Waals surface area (Å²) < 4.78 is 27.7. The van der Waals surface area contributed by atoms with Gasteiger partial charge in [0.25, 0.3) is 5.89 Å². The number of hydrogen-bond acceptors (Lipinski definition) is 2. The molecule has 1 heterocycles. The van der Waals surface area contributed by atoms with Crippen molar-refractivity contribution in [2.24, 2.45) is 0 Å². The van der Waals surface area contributed by atoms with Crippen LogP contribution < -0.4 is 0 Å². The average molecular weight is 133 g/mol. The van der Waals surface area contributed by atoms with E-state index in [9.17, 15) is 8.78 Å². The molecule has 0 aromatic carbocycles. The number of aromatic nitrogens is 1. The largest absolute Gasteiger partial charge is 0.441 e. The van der Waals surface area contributed by atoms with Crippen LogP contribution in [-0.2, 0) is 0 Å². The molecule has 2 nitrogen and oxygen atoms in total. The first-order valence-corrected chi connectivity index (χ1v) is 2.40. The van der Waals surface area contributed by atoms with Gasteiger partial charge in [0.2, 0.25) is 0 Å². The molecule has 0 atom stereocenters. The average Bonchev–Trinajstić information content (AvgIpc) is 2.14. The number of nitrogens with zero attached hydrogens (tertiary/aromatic N) is 1. The Kier molecular flexibility index (Phi) is 1.46. The van der Waals surface area contributed by atoms with E-state index in [1.54, 1.807) is 6.92 Å². The van der Waals surface area contributed by atoms with Crippen molar-refractivity contribution >= 4 is 0 Å². The number of hydrogen-bond donors (Lipinski definition) is 0. The van der Waals surface area contributed by atoms with E-state index in [1.165, 1.54) is 6.20 Å². The molecule has 0 N–H and O–H groups in total. The highest BCUT2D eigenvalue weighted by Crippen LogP contribution is 2.16. The van der Waals surface area contributed by atoms with Crippen LogP contribution in [0.3, 0.4) is 0 Å². The van der Waals surface area contributed by atoms with Crippen LogP contribution in [0, 0.1) is 6.92 Å². The summed E-state index contributed by atoms with van der Waals surface area (Å²) in [6.45, 7) is 1.57. The molecule has 0 spiro atoms. The molecule has 0 radical (unpaired) electrons. The smallest absolute Gasteiger partial charge is 0.313 e. The Morgan fingerprint density at radius 1 is 1.67 bits per heavy atom. The molecule has 0 aliphatic carbocycles. The lowest BCUT2D eigenvalue weighted by molar-refractivity contribution is 0.114. The van der Waals surface area contributed by atoms with E-state index in [2.05, 4.69) is 9.40 Å². The summed E-state index contributed by atoms with van der Waals surface area (Å²) >= 11 is 0. The lowest BCUT2D eigenvalue weighted by Gasteiger charge is -1.86. The van der Waals surface area contributed by atoms with Crippen molar-refractivity contribution in [2.45, 2.75) is 13.3 Å². The van der Waals surface area contributed by atoms with Gasteiger partial charge in [-0.3, -0.25) is 0 Å². The summed E-state index contributed by atoms with van der Waals surface area (Å²) in [6.07, 6.45) is -1.33. The third kappa shape index (κ3) is 1.25. The molecule has 4 heteroatoms. The molecule has 1 aromatic heterocycles. The highest BCUT2D eigenvalue weighted by molar-refractivity contribution is 4.90. The SMILES string of the molecule is Cc1cnc(C(F)F)o1. The van der Waals surface area contributed by atoms with Gasteiger partial charge in [-0.2, -0.15) is 8.78 Å². The predicted octanol–water partition coefficient (Wildman–Crippen LogP) is 1.92. The van der Waals surface area contributed by atoms with Crippen molar-refractivity contribution in [3.63, 3.8) is 0 Å². The van der Waals surface area contributed by atoms with E-state index in [4.69, 9.17) is 0 Å². The van der Waals surface area contributed by atoms with Gasteiger partial charge in [0.15, 0.2) is 0 Å². The molecule has 0 fully saturated rings. The van der Waals surface area contributed by atoms with Crippen molar-refractivity contribution in [1.82, 2.24) is 4.98 Å². The zero-order chi connectivity index (χ0) is 6.85. The fourth-order valence-electron chi connectivity index (χ4n) is 0.473. The van der Waals surface area contributed by atoms with Crippen molar-refractivity contribution in [1.29, 1.82) is 0 Å². The van der Waals surface area contributed by atoms with E-state index in [0.29, 0.717) is 5.76 Å². The zero-order valence-corrected chi connectivity index (χ0v) is 4.77. The zero-order valence-electron chi connectivity index (χ0n) is 4.77. The minimum atomic E-state index is -2.60. The number of alkyl halides is 2. The maximum absolute atomic E-state index is 11.6. The second-order valence-electron chi connectivity index (χ2n) is 1.61. The summed E-state index contributed by atoms with van der Waals surface area (Å²) in [5.74, 6) is -0.0993. The van der Waals surface area contributed by atoms with Crippen molar-refractivity contribution in [3.05, 3.63) is 17.8 Å². The molecule has 0 amide bonds. The number of rotatable bonds is 1.